The van der Waals surface area contributed by atoms with Gasteiger partial charge in [-0.3, -0.25) is 14.4 Å². The molecule has 2 rings (SSSR count). The number of hydrogen-bond acceptors (Lipinski definition) is 11. The topological polar surface area (TPSA) is 192 Å². The first kappa shape index (κ1) is 25.1. The lowest BCUT2D eigenvalue weighted by molar-refractivity contribution is -0.300. The molecule has 2 saturated heterocycles. The van der Waals surface area contributed by atoms with Crippen LogP contribution < -0.4 is 5.32 Å². The lowest BCUT2D eigenvalue weighted by atomic mass is 9.99. The van der Waals surface area contributed by atoms with Crippen LogP contribution in [-0.2, 0) is 33.5 Å². The molecule has 2 aliphatic rings. The molecule has 2 heterocycles. The molecule has 0 aromatic rings. The number of aliphatic hydroxyl groups is 4. The summed E-state index contributed by atoms with van der Waals surface area (Å²) in [6.45, 7) is -0.548. The summed E-state index contributed by atoms with van der Waals surface area (Å²) in [5, 5.41) is 41.3. The summed E-state index contributed by atoms with van der Waals surface area (Å²) in [5.74, 6) is -2.14. The Balaban J connectivity index is 1.55. The van der Waals surface area contributed by atoms with Gasteiger partial charge in [-0.2, -0.15) is 0 Å². The van der Waals surface area contributed by atoms with Gasteiger partial charge in [-0.15, -0.1) is 5.06 Å². The van der Waals surface area contributed by atoms with Gasteiger partial charge in [0.05, 0.1) is 13.2 Å². The summed E-state index contributed by atoms with van der Waals surface area (Å²) in [6, 6.07) is 0. The molecule has 13 heteroatoms. The highest BCUT2D eigenvalue weighted by molar-refractivity contribution is 6.01. The Morgan fingerprint density at radius 2 is 1.68 bits per heavy atom. The Bertz CT molecular complexity index is 640. The van der Waals surface area contributed by atoms with Crippen LogP contribution >= 0.6 is 0 Å². The molecule has 0 saturated carbocycles. The number of amides is 3. The minimum atomic E-state index is -1.54. The molecule has 5 N–H and O–H groups in total. The van der Waals surface area contributed by atoms with Crippen LogP contribution in [0.15, 0.2) is 0 Å². The fourth-order valence-electron chi connectivity index (χ4n) is 3.02. The fourth-order valence-corrected chi connectivity index (χ4v) is 3.02. The van der Waals surface area contributed by atoms with Crippen molar-refractivity contribution in [2.45, 2.75) is 69.2 Å². The minimum Gasteiger partial charge on any atom is -0.394 e. The molecule has 31 heavy (non-hydrogen) atoms. The molecule has 0 aromatic heterocycles. The van der Waals surface area contributed by atoms with Crippen molar-refractivity contribution in [3.8, 4) is 0 Å². The van der Waals surface area contributed by atoms with Crippen molar-refractivity contribution in [1.82, 2.24) is 10.4 Å². The maximum absolute atomic E-state index is 11.8. The van der Waals surface area contributed by atoms with Gasteiger partial charge in [0, 0.05) is 32.2 Å². The van der Waals surface area contributed by atoms with Crippen molar-refractivity contribution in [1.29, 1.82) is 0 Å². The van der Waals surface area contributed by atoms with Crippen molar-refractivity contribution < 1.29 is 53.9 Å². The van der Waals surface area contributed by atoms with E-state index >= 15 is 0 Å². The second-order valence-corrected chi connectivity index (χ2v) is 7.17. The van der Waals surface area contributed by atoms with E-state index in [0.717, 1.165) is 0 Å². The molecular formula is C18H28N2O11. The van der Waals surface area contributed by atoms with Gasteiger partial charge in [-0.25, -0.2) is 4.79 Å². The highest BCUT2D eigenvalue weighted by atomic mass is 16.7. The zero-order chi connectivity index (χ0) is 23.0. The van der Waals surface area contributed by atoms with Crippen molar-refractivity contribution in [3.05, 3.63) is 0 Å². The van der Waals surface area contributed by atoms with Crippen LogP contribution in [0.5, 0.6) is 0 Å². The molecule has 0 spiro atoms. The van der Waals surface area contributed by atoms with E-state index in [1.54, 1.807) is 0 Å². The average molecular weight is 448 g/mol. The van der Waals surface area contributed by atoms with Crippen LogP contribution in [-0.4, -0.2) is 99.6 Å². The summed E-state index contributed by atoms with van der Waals surface area (Å²) < 4.78 is 10.4. The van der Waals surface area contributed by atoms with Crippen LogP contribution in [0.1, 0.15) is 38.5 Å². The van der Waals surface area contributed by atoms with Crippen molar-refractivity contribution in [2.75, 3.05) is 19.8 Å². The maximum Gasteiger partial charge on any atom is 0.333 e. The zero-order valence-corrected chi connectivity index (χ0v) is 16.8. The van der Waals surface area contributed by atoms with Crippen LogP contribution in [0.2, 0.25) is 0 Å². The molecule has 5 atom stereocenters. The summed E-state index contributed by atoms with van der Waals surface area (Å²) in [5.41, 5.74) is 0. The van der Waals surface area contributed by atoms with Gasteiger partial charge in [0.2, 0.25) is 5.91 Å². The van der Waals surface area contributed by atoms with E-state index in [9.17, 15) is 34.5 Å². The Kier molecular flexibility index (Phi) is 9.74. The first-order valence-corrected chi connectivity index (χ1v) is 10.00. The molecule has 0 radical (unpaired) electrons. The van der Waals surface area contributed by atoms with E-state index in [4.69, 9.17) is 19.4 Å². The van der Waals surface area contributed by atoms with Gasteiger partial charge in [0.1, 0.15) is 24.4 Å². The second-order valence-electron chi connectivity index (χ2n) is 7.17. The van der Waals surface area contributed by atoms with Crippen LogP contribution in [0, 0.1) is 0 Å². The molecule has 2 fully saturated rings. The van der Waals surface area contributed by atoms with Crippen molar-refractivity contribution in [2.24, 2.45) is 0 Å². The Hall–Kier alpha value is -2.16. The number of hydroxylamine groups is 2. The number of imide groups is 1. The van der Waals surface area contributed by atoms with Crippen LogP contribution in [0.4, 0.5) is 0 Å². The van der Waals surface area contributed by atoms with Gasteiger partial charge in [-0.05, 0) is 12.8 Å². The van der Waals surface area contributed by atoms with E-state index in [1.807, 2.05) is 0 Å². The predicted molar refractivity (Wildman–Crippen MR) is 98.4 cm³/mol. The van der Waals surface area contributed by atoms with E-state index < -0.39 is 55.1 Å². The molecule has 3 amide bonds. The number of ether oxygens (including phenoxy) is 2. The molecule has 0 bridgehead atoms. The normalized spacial score (nSPS) is 28.6. The van der Waals surface area contributed by atoms with Gasteiger partial charge in [0.15, 0.2) is 6.29 Å². The van der Waals surface area contributed by atoms with Gasteiger partial charge < -0.3 is 40.1 Å². The number of carbonyl (C=O) groups excluding carboxylic acids is 4. The molecule has 13 nitrogen and oxygen atoms in total. The third kappa shape index (κ3) is 7.19. The molecule has 2 aliphatic heterocycles. The minimum absolute atomic E-state index is 0.0202. The molecule has 176 valence electrons. The molecular weight excluding hydrogens is 420 g/mol. The fraction of sp³-hybridized carbons (Fsp3) is 0.778. The first-order chi connectivity index (χ1) is 14.7. The average Bonchev–Trinajstić information content (AvgIpc) is 3.06. The van der Waals surface area contributed by atoms with Gasteiger partial charge in [0.25, 0.3) is 11.8 Å². The van der Waals surface area contributed by atoms with Crippen molar-refractivity contribution in [3.63, 3.8) is 0 Å². The van der Waals surface area contributed by atoms with E-state index in [0.29, 0.717) is 17.9 Å². The summed E-state index contributed by atoms with van der Waals surface area (Å²) in [7, 11) is 0. The Labute approximate surface area is 177 Å². The van der Waals surface area contributed by atoms with Crippen molar-refractivity contribution >= 4 is 23.7 Å². The quantitative estimate of drug-likeness (QED) is 0.161. The number of unbranched alkanes of at least 4 members (excludes halogenated alkanes) is 1. The van der Waals surface area contributed by atoms with Crippen LogP contribution in [0.25, 0.3) is 0 Å². The van der Waals surface area contributed by atoms with E-state index in [2.05, 4.69) is 5.32 Å². The monoisotopic (exact) mass is 448 g/mol. The first-order valence-electron chi connectivity index (χ1n) is 10.00. The highest BCUT2D eigenvalue weighted by Crippen LogP contribution is 2.21. The molecule has 0 aliphatic carbocycles. The largest absolute Gasteiger partial charge is 0.394 e. The van der Waals surface area contributed by atoms with Gasteiger partial charge in [-0.1, -0.05) is 0 Å². The SMILES string of the molecule is O=C(CCCCC(=O)ON1C(=O)CCC1=O)NCCO[C@H]1O[C@H](CO)[C@@H](O)[C@H](O)[C@H]1O. The number of carbonyl (C=O) groups is 4. The number of nitrogens with zero attached hydrogens (tertiary/aromatic N) is 1. The summed E-state index contributed by atoms with van der Waals surface area (Å²) in [6.07, 6.45) is -6.08. The third-order valence-corrected chi connectivity index (χ3v) is 4.79. The summed E-state index contributed by atoms with van der Waals surface area (Å²) in [4.78, 5) is 50.9. The maximum atomic E-state index is 11.8. The highest BCUT2D eigenvalue weighted by Gasteiger charge is 2.43. The lowest BCUT2D eigenvalue weighted by Gasteiger charge is -2.39. The summed E-state index contributed by atoms with van der Waals surface area (Å²) >= 11 is 0. The predicted octanol–water partition coefficient (Wildman–Crippen LogP) is -2.91. The van der Waals surface area contributed by atoms with Gasteiger partial charge >= 0.3 is 5.97 Å². The Morgan fingerprint density at radius 3 is 2.32 bits per heavy atom. The number of rotatable bonds is 11. The standard InChI is InChI=1S/C18H28N2O11/c21-9-10-15(26)16(27)17(28)18(30-10)29-8-7-19-11(22)3-1-2-4-14(25)31-20-12(23)5-6-13(20)24/h10,15-18,21,26-28H,1-9H2,(H,19,22)/t10-,15-,16+,17-,18+/m1/s1. The number of hydrogen-bond donors (Lipinski definition) is 5. The molecule has 0 aromatic carbocycles. The zero-order valence-electron chi connectivity index (χ0n) is 16.8. The Morgan fingerprint density at radius 1 is 1.03 bits per heavy atom. The lowest BCUT2D eigenvalue weighted by Crippen LogP contribution is -2.59. The second kappa shape index (κ2) is 12.0. The van der Waals surface area contributed by atoms with E-state index in [-0.39, 0.29) is 44.7 Å². The third-order valence-electron chi connectivity index (χ3n) is 4.79. The molecule has 0 unspecified atom stereocenters. The van der Waals surface area contributed by atoms with E-state index in [1.165, 1.54) is 0 Å². The smallest absolute Gasteiger partial charge is 0.333 e. The van der Waals surface area contributed by atoms with Crippen LogP contribution in [0.3, 0.4) is 0 Å². The number of nitrogens with one attached hydrogen (secondary N) is 1. The number of aliphatic hydroxyl groups excluding tert-OH is 4.